The van der Waals surface area contributed by atoms with Crippen LogP contribution in [0.5, 0.6) is 0 Å². The van der Waals surface area contributed by atoms with E-state index in [9.17, 15) is 4.79 Å². The van der Waals surface area contributed by atoms with Gasteiger partial charge in [0, 0.05) is 17.8 Å². The monoisotopic (exact) mass is 286 g/mol. The lowest BCUT2D eigenvalue weighted by Gasteiger charge is -2.07. The van der Waals surface area contributed by atoms with Crippen molar-refractivity contribution in [2.75, 3.05) is 6.61 Å². The number of fused-ring (bicyclic) bond motifs is 1. The summed E-state index contributed by atoms with van der Waals surface area (Å²) in [5, 5.41) is 3.10. The van der Waals surface area contributed by atoms with Gasteiger partial charge in [0.1, 0.15) is 12.2 Å². The van der Waals surface area contributed by atoms with Gasteiger partial charge in [-0.15, -0.1) is 11.3 Å². The van der Waals surface area contributed by atoms with Crippen molar-refractivity contribution in [1.82, 2.24) is 9.55 Å². The highest BCUT2D eigenvalue weighted by molar-refractivity contribution is 7.13. The van der Waals surface area contributed by atoms with Gasteiger partial charge in [-0.3, -0.25) is 9.78 Å². The molecule has 0 radical (unpaired) electrons. The predicted molar refractivity (Wildman–Crippen MR) is 79.7 cm³/mol. The number of nitrogens with zero attached hydrogens (tertiary/aromatic N) is 2. The number of esters is 1. The molecule has 5 heteroatoms. The Kier molecular flexibility index (Phi) is 3.52. The number of thiophene rings is 1. The molecule has 3 rings (SSSR count). The fourth-order valence-electron chi connectivity index (χ4n) is 2.22. The van der Waals surface area contributed by atoms with Crippen molar-refractivity contribution in [3.63, 3.8) is 0 Å². The zero-order chi connectivity index (χ0) is 13.9. The van der Waals surface area contributed by atoms with Crippen molar-refractivity contribution in [3.05, 3.63) is 42.0 Å². The molecule has 0 aliphatic rings. The Morgan fingerprint density at radius 3 is 3.05 bits per heavy atom. The number of rotatable bonds is 4. The lowest BCUT2D eigenvalue weighted by atomic mass is 10.2. The molecule has 0 aliphatic carbocycles. The summed E-state index contributed by atoms with van der Waals surface area (Å²) in [5.41, 5.74) is 1.88. The average molecular weight is 286 g/mol. The number of carbonyl (C=O) groups excluding carboxylic acids is 1. The van der Waals surface area contributed by atoms with Crippen molar-refractivity contribution in [3.8, 4) is 10.6 Å². The molecule has 20 heavy (non-hydrogen) atoms. The Morgan fingerprint density at radius 2 is 2.30 bits per heavy atom. The summed E-state index contributed by atoms with van der Waals surface area (Å²) < 4.78 is 6.92. The van der Waals surface area contributed by atoms with Gasteiger partial charge in [-0.05, 0) is 30.5 Å². The van der Waals surface area contributed by atoms with Crippen molar-refractivity contribution in [2.24, 2.45) is 0 Å². The van der Waals surface area contributed by atoms with Crippen LogP contribution in [0.4, 0.5) is 0 Å². The van der Waals surface area contributed by atoms with Gasteiger partial charge in [0.05, 0.1) is 17.0 Å². The maximum Gasteiger partial charge on any atom is 0.325 e. The molecular formula is C15H14N2O2S. The largest absolute Gasteiger partial charge is 0.465 e. The molecule has 0 bridgehead atoms. The normalized spacial score (nSPS) is 10.8. The first-order valence-corrected chi connectivity index (χ1v) is 7.31. The third kappa shape index (κ3) is 2.32. The summed E-state index contributed by atoms with van der Waals surface area (Å²) >= 11 is 1.64. The van der Waals surface area contributed by atoms with Gasteiger partial charge in [0.2, 0.25) is 0 Å². The minimum atomic E-state index is -0.231. The van der Waals surface area contributed by atoms with Crippen LogP contribution in [0.3, 0.4) is 0 Å². The van der Waals surface area contributed by atoms with Crippen LogP contribution in [-0.4, -0.2) is 22.1 Å². The molecule has 0 N–H and O–H groups in total. The Hall–Kier alpha value is -2.14. The highest BCUT2D eigenvalue weighted by Crippen LogP contribution is 2.30. The highest BCUT2D eigenvalue weighted by Gasteiger charge is 2.13. The molecule has 3 aromatic heterocycles. The average Bonchev–Trinajstić information content (AvgIpc) is 3.09. The van der Waals surface area contributed by atoms with E-state index in [4.69, 9.17) is 4.74 Å². The Morgan fingerprint density at radius 1 is 1.40 bits per heavy atom. The van der Waals surface area contributed by atoms with Gasteiger partial charge in [-0.25, -0.2) is 0 Å². The standard InChI is InChI=1S/C15H14N2O2S/c1-2-19-13(18)10-17-8-6-11-5-7-16-14(15(11)17)12-4-3-9-20-12/h3-9H,2,10H2,1H3. The van der Waals surface area contributed by atoms with Crippen LogP contribution in [0.1, 0.15) is 6.92 Å². The zero-order valence-corrected chi connectivity index (χ0v) is 11.9. The van der Waals surface area contributed by atoms with Crippen molar-refractivity contribution < 1.29 is 9.53 Å². The number of pyridine rings is 1. The molecule has 0 fully saturated rings. The van der Waals surface area contributed by atoms with E-state index in [0.717, 1.165) is 21.5 Å². The molecule has 0 saturated carbocycles. The third-order valence-electron chi connectivity index (χ3n) is 3.04. The summed E-state index contributed by atoms with van der Waals surface area (Å²) in [5.74, 6) is -0.231. The van der Waals surface area contributed by atoms with Gasteiger partial charge in [-0.2, -0.15) is 0 Å². The molecule has 3 heterocycles. The SMILES string of the molecule is CCOC(=O)Cn1ccc2ccnc(-c3cccs3)c21. The molecule has 102 valence electrons. The van der Waals surface area contributed by atoms with Gasteiger partial charge >= 0.3 is 5.97 Å². The lowest BCUT2D eigenvalue weighted by molar-refractivity contribution is -0.143. The van der Waals surface area contributed by atoms with E-state index in [1.807, 2.05) is 47.3 Å². The number of aromatic nitrogens is 2. The van der Waals surface area contributed by atoms with E-state index in [-0.39, 0.29) is 12.5 Å². The van der Waals surface area contributed by atoms with Gasteiger partial charge in [0.15, 0.2) is 0 Å². The molecule has 0 spiro atoms. The molecule has 0 amide bonds. The molecule has 0 unspecified atom stereocenters. The van der Waals surface area contributed by atoms with Gasteiger partial charge in [0.25, 0.3) is 0 Å². The molecule has 0 atom stereocenters. The summed E-state index contributed by atoms with van der Waals surface area (Å²) in [4.78, 5) is 17.3. The molecule has 0 aromatic carbocycles. The van der Waals surface area contributed by atoms with E-state index in [0.29, 0.717) is 6.61 Å². The van der Waals surface area contributed by atoms with Gasteiger partial charge < -0.3 is 9.30 Å². The molecule has 0 saturated heterocycles. The van der Waals surface area contributed by atoms with Crippen LogP contribution in [0.25, 0.3) is 21.5 Å². The smallest absolute Gasteiger partial charge is 0.325 e. The topological polar surface area (TPSA) is 44.1 Å². The molecule has 3 aromatic rings. The van der Waals surface area contributed by atoms with E-state index in [1.54, 1.807) is 17.5 Å². The van der Waals surface area contributed by atoms with Crippen LogP contribution in [-0.2, 0) is 16.1 Å². The first-order chi connectivity index (χ1) is 9.79. The van der Waals surface area contributed by atoms with Crippen molar-refractivity contribution in [2.45, 2.75) is 13.5 Å². The number of hydrogen-bond donors (Lipinski definition) is 0. The Labute approximate surface area is 120 Å². The third-order valence-corrected chi connectivity index (χ3v) is 3.91. The van der Waals surface area contributed by atoms with Crippen molar-refractivity contribution in [1.29, 1.82) is 0 Å². The van der Waals surface area contributed by atoms with E-state index in [2.05, 4.69) is 4.98 Å². The number of carbonyl (C=O) groups is 1. The van der Waals surface area contributed by atoms with E-state index in [1.165, 1.54) is 0 Å². The fraction of sp³-hybridized carbons (Fsp3) is 0.200. The number of ether oxygens (including phenoxy) is 1. The van der Waals surface area contributed by atoms with Crippen LogP contribution < -0.4 is 0 Å². The van der Waals surface area contributed by atoms with Crippen molar-refractivity contribution >= 4 is 28.2 Å². The molecule has 0 aliphatic heterocycles. The number of hydrogen-bond acceptors (Lipinski definition) is 4. The second-order valence-corrected chi connectivity index (χ2v) is 5.27. The van der Waals surface area contributed by atoms with E-state index >= 15 is 0 Å². The molecular weight excluding hydrogens is 272 g/mol. The summed E-state index contributed by atoms with van der Waals surface area (Å²) in [7, 11) is 0. The van der Waals surface area contributed by atoms with Crippen LogP contribution in [0.15, 0.2) is 42.0 Å². The maximum absolute atomic E-state index is 11.7. The first kappa shape index (κ1) is 12.9. The minimum Gasteiger partial charge on any atom is -0.465 e. The van der Waals surface area contributed by atoms with E-state index < -0.39 is 0 Å². The summed E-state index contributed by atoms with van der Waals surface area (Å²) in [6.45, 7) is 2.42. The second kappa shape index (κ2) is 5.46. The maximum atomic E-state index is 11.7. The molecule has 4 nitrogen and oxygen atoms in total. The summed E-state index contributed by atoms with van der Waals surface area (Å²) in [6, 6.07) is 7.98. The van der Waals surface area contributed by atoms with Crippen LogP contribution >= 0.6 is 11.3 Å². The Bertz CT molecular complexity index is 732. The van der Waals surface area contributed by atoms with Crippen LogP contribution in [0.2, 0.25) is 0 Å². The zero-order valence-electron chi connectivity index (χ0n) is 11.1. The highest BCUT2D eigenvalue weighted by atomic mass is 32.1. The first-order valence-electron chi connectivity index (χ1n) is 6.43. The quantitative estimate of drug-likeness (QED) is 0.691. The van der Waals surface area contributed by atoms with Gasteiger partial charge in [-0.1, -0.05) is 6.07 Å². The van der Waals surface area contributed by atoms with Crippen LogP contribution in [0, 0.1) is 0 Å². The minimum absolute atomic E-state index is 0.210. The predicted octanol–water partition coefficient (Wildman–Crippen LogP) is 3.33. The second-order valence-electron chi connectivity index (χ2n) is 4.32. The lowest BCUT2D eigenvalue weighted by Crippen LogP contribution is -2.12. The summed E-state index contributed by atoms with van der Waals surface area (Å²) in [6.07, 6.45) is 3.70. The fourth-order valence-corrected chi connectivity index (χ4v) is 2.94. The Balaban J connectivity index is 2.08.